The van der Waals surface area contributed by atoms with Crippen LogP contribution in [0, 0.1) is 23.2 Å². The maximum absolute atomic E-state index is 13.1. The van der Waals surface area contributed by atoms with Crippen LogP contribution in [0.5, 0.6) is 0 Å². The van der Waals surface area contributed by atoms with Gasteiger partial charge in [0.05, 0.1) is 11.0 Å². The van der Waals surface area contributed by atoms with E-state index >= 15 is 0 Å². The van der Waals surface area contributed by atoms with Gasteiger partial charge in [-0.3, -0.25) is 4.79 Å². The van der Waals surface area contributed by atoms with E-state index in [-0.39, 0.29) is 5.97 Å². The van der Waals surface area contributed by atoms with E-state index in [1.807, 2.05) is 0 Å². The Kier molecular flexibility index (Phi) is 3.59. The summed E-state index contributed by atoms with van der Waals surface area (Å²) in [6.45, 7) is 6.19. The highest BCUT2D eigenvalue weighted by molar-refractivity contribution is 5.78. The van der Waals surface area contributed by atoms with Crippen molar-refractivity contribution >= 4 is 5.97 Å². The molecule has 2 atom stereocenters. The van der Waals surface area contributed by atoms with Gasteiger partial charge in [-0.05, 0) is 90.1 Å². The standard InChI is InChI=1S/C19H31NO3/c1-17(2,15-3-5-20-6-4-15)23-16(21)18-8-13-7-14(9-18)11-19(22,10-13)12-18/h13-15,20,22H,3-12H2,1-2H3. The lowest BCUT2D eigenvalue weighted by Crippen LogP contribution is -2.59. The Morgan fingerprint density at radius 3 is 2.30 bits per heavy atom. The van der Waals surface area contributed by atoms with Crippen LogP contribution < -0.4 is 5.32 Å². The van der Waals surface area contributed by atoms with Crippen LogP contribution in [-0.4, -0.2) is 35.4 Å². The van der Waals surface area contributed by atoms with Gasteiger partial charge < -0.3 is 15.2 Å². The Morgan fingerprint density at radius 1 is 1.13 bits per heavy atom. The molecule has 1 aliphatic heterocycles. The number of hydrogen-bond acceptors (Lipinski definition) is 4. The quantitative estimate of drug-likeness (QED) is 0.785. The first-order chi connectivity index (χ1) is 10.8. The molecule has 5 fully saturated rings. The number of hydrogen-bond donors (Lipinski definition) is 2. The summed E-state index contributed by atoms with van der Waals surface area (Å²) in [6, 6.07) is 0. The average Bonchev–Trinajstić information content (AvgIpc) is 2.45. The molecule has 5 rings (SSSR count). The first kappa shape index (κ1) is 15.9. The Morgan fingerprint density at radius 2 is 1.74 bits per heavy atom. The molecule has 4 saturated carbocycles. The van der Waals surface area contributed by atoms with Crippen molar-refractivity contribution in [3.63, 3.8) is 0 Å². The Hall–Kier alpha value is -0.610. The maximum atomic E-state index is 13.1. The SMILES string of the molecule is CC(C)(OC(=O)C12CC3CC(CC(O)(C3)C1)C2)C1CCNCC1. The number of carbonyl (C=O) groups excluding carboxylic acids is 1. The van der Waals surface area contributed by atoms with Crippen LogP contribution in [0.2, 0.25) is 0 Å². The van der Waals surface area contributed by atoms with E-state index in [1.165, 1.54) is 6.42 Å². The van der Waals surface area contributed by atoms with E-state index in [4.69, 9.17) is 4.74 Å². The number of ether oxygens (including phenoxy) is 1. The molecule has 0 radical (unpaired) electrons. The predicted octanol–water partition coefficient (Wildman–Crippen LogP) is 2.64. The summed E-state index contributed by atoms with van der Waals surface area (Å²) in [5.74, 6) is 1.46. The number of nitrogens with one attached hydrogen (secondary N) is 1. The summed E-state index contributed by atoms with van der Waals surface area (Å²) in [5, 5.41) is 14.2. The first-order valence-corrected chi connectivity index (χ1v) is 9.47. The average molecular weight is 321 g/mol. The molecule has 0 aromatic carbocycles. The van der Waals surface area contributed by atoms with Gasteiger partial charge >= 0.3 is 5.97 Å². The highest BCUT2D eigenvalue weighted by atomic mass is 16.6. The molecule has 0 spiro atoms. The molecule has 0 aromatic rings. The molecule has 1 saturated heterocycles. The zero-order valence-corrected chi connectivity index (χ0v) is 14.6. The lowest BCUT2D eigenvalue weighted by Gasteiger charge is -2.59. The van der Waals surface area contributed by atoms with Gasteiger partial charge in [0, 0.05) is 5.92 Å². The smallest absolute Gasteiger partial charge is 0.312 e. The fraction of sp³-hybridized carbons (Fsp3) is 0.947. The van der Waals surface area contributed by atoms with Gasteiger partial charge in [-0.15, -0.1) is 0 Å². The van der Waals surface area contributed by atoms with Gasteiger partial charge in [-0.2, -0.15) is 0 Å². The van der Waals surface area contributed by atoms with E-state index in [0.29, 0.717) is 24.2 Å². The van der Waals surface area contributed by atoms with Crippen molar-refractivity contribution < 1.29 is 14.6 Å². The van der Waals surface area contributed by atoms with Crippen molar-refractivity contribution in [2.24, 2.45) is 23.2 Å². The number of aliphatic hydroxyl groups is 1. The molecule has 130 valence electrons. The van der Waals surface area contributed by atoms with Crippen LogP contribution in [0.25, 0.3) is 0 Å². The van der Waals surface area contributed by atoms with Crippen LogP contribution in [0.4, 0.5) is 0 Å². The molecule has 5 aliphatic rings. The van der Waals surface area contributed by atoms with Crippen molar-refractivity contribution in [2.75, 3.05) is 13.1 Å². The van der Waals surface area contributed by atoms with Crippen molar-refractivity contribution in [1.29, 1.82) is 0 Å². The molecule has 23 heavy (non-hydrogen) atoms. The Bertz CT molecular complexity index is 481. The van der Waals surface area contributed by atoms with Crippen LogP contribution in [0.15, 0.2) is 0 Å². The van der Waals surface area contributed by atoms with Gasteiger partial charge in [0.25, 0.3) is 0 Å². The molecular weight excluding hydrogens is 290 g/mol. The second-order valence-electron chi connectivity index (χ2n) is 9.48. The van der Waals surface area contributed by atoms with E-state index in [0.717, 1.165) is 51.6 Å². The van der Waals surface area contributed by atoms with Crippen molar-refractivity contribution in [3.8, 4) is 0 Å². The molecule has 2 N–H and O–H groups in total. The fourth-order valence-electron chi connectivity index (χ4n) is 6.40. The summed E-state index contributed by atoms with van der Waals surface area (Å²) in [4.78, 5) is 13.1. The van der Waals surface area contributed by atoms with Gasteiger partial charge in [-0.1, -0.05) is 0 Å². The summed E-state index contributed by atoms with van der Waals surface area (Å²) in [6.07, 6.45) is 7.65. The lowest BCUT2D eigenvalue weighted by atomic mass is 9.48. The number of rotatable bonds is 3. The minimum absolute atomic E-state index is 0.0199. The summed E-state index contributed by atoms with van der Waals surface area (Å²) in [7, 11) is 0. The predicted molar refractivity (Wildman–Crippen MR) is 87.8 cm³/mol. The highest BCUT2D eigenvalue weighted by Crippen LogP contribution is 2.62. The number of esters is 1. The fourth-order valence-corrected chi connectivity index (χ4v) is 6.40. The Balaban J connectivity index is 1.50. The van der Waals surface area contributed by atoms with E-state index in [9.17, 15) is 9.90 Å². The number of carbonyl (C=O) groups is 1. The second kappa shape index (κ2) is 5.19. The first-order valence-electron chi connectivity index (χ1n) is 9.47. The van der Waals surface area contributed by atoms with Gasteiger partial charge in [0.1, 0.15) is 5.60 Å². The molecule has 1 heterocycles. The Labute approximate surface area is 139 Å². The van der Waals surface area contributed by atoms with Crippen LogP contribution in [0.3, 0.4) is 0 Å². The largest absolute Gasteiger partial charge is 0.459 e. The minimum atomic E-state index is -0.595. The van der Waals surface area contributed by atoms with Gasteiger partial charge in [0.2, 0.25) is 0 Å². The molecule has 4 aliphatic carbocycles. The van der Waals surface area contributed by atoms with Gasteiger partial charge in [-0.25, -0.2) is 0 Å². The second-order valence-corrected chi connectivity index (χ2v) is 9.48. The summed E-state index contributed by atoms with van der Waals surface area (Å²) in [5.41, 5.74) is -1.39. The summed E-state index contributed by atoms with van der Waals surface area (Å²) < 4.78 is 6.13. The normalized spacial score (nSPS) is 43.6. The molecular formula is C19H31NO3. The molecule has 4 bridgehead atoms. The molecule has 2 unspecified atom stereocenters. The zero-order valence-electron chi connectivity index (χ0n) is 14.6. The monoisotopic (exact) mass is 321 g/mol. The molecule has 4 heteroatoms. The van der Waals surface area contributed by atoms with Crippen molar-refractivity contribution in [1.82, 2.24) is 5.32 Å². The van der Waals surface area contributed by atoms with Gasteiger partial charge in [0.15, 0.2) is 0 Å². The zero-order chi connectivity index (χ0) is 16.3. The molecule has 0 amide bonds. The maximum Gasteiger partial charge on any atom is 0.312 e. The van der Waals surface area contributed by atoms with E-state index < -0.39 is 16.6 Å². The van der Waals surface area contributed by atoms with Crippen molar-refractivity contribution in [3.05, 3.63) is 0 Å². The third-order valence-corrected chi connectivity index (χ3v) is 7.14. The molecule has 4 nitrogen and oxygen atoms in total. The van der Waals surface area contributed by atoms with E-state index in [1.54, 1.807) is 0 Å². The molecule has 0 aromatic heterocycles. The van der Waals surface area contributed by atoms with Crippen LogP contribution >= 0.6 is 0 Å². The lowest BCUT2D eigenvalue weighted by molar-refractivity contribution is -0.209. The minimum Gasteiger partial charge on any atom is -0.459 e. The topological polar surface area (TPSA) is 58.6 Å². The highest BCUT2D eigenvalue weighted by Gasteiger charge is 2.61. The van der Waals surface area contributed by atoms with Crippen LogP contribution in [0.1, 0.15) is 65.2 Å². The van der Waals surface area contributed by atoms with Crippen molar-refractivity contribution in [2.45, 2.75) is 76.4 Å². The third-order valence-electron chi connectivity index (χ3n) is 7.14. The summed E-state index contributed by atoms with van der Waals surface area (Å²) >= 11 is 0. The third kappa shape index (κ3) is 2.72. The van der Waals surface area contributed by atoms with Crippen LogP contribution in [-0.2, 0) is 9.53 Å². The van der Waals surface area contributed by atoms with E-state index in [2.05, 4.69) is 19.2 Å². The number of piperidine rings is 1.